The molecular formula is C14H19NO6. The number of ether oxygens (including phenoxy) is 3. The fourth-order valence-electron chi connectivity index (χ4n) is 1.79. The fourth-order valence-corrected chi connectivity index (χ4v) is 1.79. The Balaban J connectivity index is 2.96. The van der Waals surface area contributed by atoms with Gasteiger partial charge in [0.05, 0.1) is 14.2 Å². The number of methoxy groups -OCH3 is 3. The number of amides is 1. The number of carboxylic acids is 1. The summed E-state index contributed by atoms with van der Waals surface area (Å²) in [6, 6.07) is 5.14. The molecule has 1 amide bonds. The Morgan fingerprint density at radius 1 is 1.10 bits per heavy atom. The predicted molar refractivity (Wildman–Crippen MR) is 74.5 cm³/mol. The van der Waals surface area contributed by atoms with E-state index in [2.05, 4.69) is 0 Å². The molecule has 116 valence electrons. The van der Waals surface area contributed by atoms with Crippen molar-refractivity contribution in [1.29, 1.82) is 0 Å². The van der Waals surface area contributed by atoms with E-state index < -0.39 is 18.4 Å². The van der Waals surface area contributed by atoms with Crippen LogP contribution < -0.4 is 9.47 Å². The van der Waals surface area contributed by atoms with Gasteiger partial charge in [-0.15, -0.1) is 0 Å². The molecule has 7 heteroatoms. The van der Waals surface area contributed by atoms with E-state index in [1.165, 1.54) is 26.2 Å². The van der Waals surface area contributed by atoms with Crippen LogP contribution in [0.4, 0.5) is 0 Å². The zero-order valence-corrected chi connectivity index (χ0v) is 12.3. The third kappa shape index (κ3) is 5.31. The van der Waals surface area contributed by atoms with Gasteiger partial charge in [-0.3, -0.25) is 9.59 Å². The predicted octanol–water partition coefficient (Wildman–Crippen LogP) is 0.763. The van der Waals surface area contributed by atoms with E-state index in [9.17, 15) is 9.59 Å². The van der Waals surface area contributed by atoms with E-state index in [0.717, 1.165) is 0 Å². The first-order valence-corrected chi connectivity index (χ1v) is 6.20. The molecule has 0 aliphatic carbocycles. The first-order valence-electron chi connectivity index (χ1n) is 6.20. The van der Waals surface area contributed by atoms with Gasteiger partial charge in [0.15, 0.2) is 0 Å². The minimum atomic E-state index is -1.09. The molecule has 0 heterocycles. The van der Waals surface area contributed by atoms with Crippen LogP contribution >= 0.6 is 0 Å². The molecule has 0 bridgehead atoms. The number of hydrogen-bond acceptors (Lipinski definition) is 5. The first kappa shape index (κ1) is 16.8. The molecule has 0 saturated heterocycles. The highest BCUT2D eigenvalue weighted by Gasteiger charge is 2.17. The van der Waals surface area contributed by atoms with Crippen LogP contribution in [-0.4, -0.2) is 56.4 Å². The molecular weight excluding hydrogens is 278 g/mol. The highest BCUT2D eigenvalue weighted by molar-refractivity contribution is 5.82. The highest BCUT2D eigenvalue weighted by Crippen LogP contribution is 2.23. The van der Waals surface area contributed by atoms with Crippen molar-refractivity contribution in [3.05, 3.63) is 23.8 Å². The number of benzene rings is 1. The van der Waals surface area contributed by atoms with Crippen molar-refractivity contribution >= 4 is 11.9 Å². The van der Waals surface area contributed by atoms with Crippen LogP contribution in [-0.2, 0) is 20.9 Å². The Morgan fingerprint density at radius 3 is 2.10 bits per heavy atom. The summed E-state index contributed by atoms with van der Waals surface area (Å²) >= 11 is 0. The molecule has 1 aromatic rings. The summed E-state index contributed by atoms with van der Waals surface area (Å²) < 4.78 is 15.0. The van der Waals surface area contributed by atoms with Crippen molar-refractivity contribution in [2.75, 3.05) is 34.5 Å². The quantitative estimate of drug-likeness (QED) is 0.762. The molecule has 0 unspecified atom stereocenters. The number of carbonyl (C=O) groups excluding carboxylic acids is 1. The molecule has 1 rings (SSSR count). The van der Waals surface area contributed by atoms with Crippen LogP contribution in [0.2, 0.25) is 0 Å². The van der Waals surface area contributed by atoms with Crippen LogP contribution in [0.5, 0.6) is 11.5 Å². The lowest BCUT2D eigenvalue weighted by Crippen LogP contribution is -2.37. The van der Waals surface area contributed by atoms with Crippen molar-refractivity contribution < 1.29 is 28.9 Å². The zero-order valence-electron chi connectivity index (χ0n) is 12.3. The van der Waals surface area contributed by atoms with Crippen LogP contribution in [0.3, 0.4) is 0 Å². The van der Waals surface area contributed by atoms with Crippen molar-refractivity contribution in [3.63, 3.8) is 0 Å². The van der Waals surface area contributed by atoms with Gasteiger partial charge in [-0.2, -0.15) is 0 Å². The first-order chi connectivity index (χ1) is 9.99. The second-order valence-electron chi connectivity index (χ2n) is 4.30. The topological polar surface area (TPSA) is 85.3 Å². The number of aliphatic carboxylic acids is 1. The molecule has 0 radical (unpaired) electrons. The molecule has 1 aromatic carbocycles. The average Bonchev–Trinajstić information content (AvgIpc) is 2.45. The monoisotopic (exact) mass is 297 g/mol. The molecule has 0 aliphatic rings. The second-order valence-corrected chi connectivity index (χ2v) is 4.30. The molecule has 0 saturated carbocycles. The van der Waals surface area contributed by atoms with Gasteiger partial charge in [-0.05, 0) is 17.7 Å². The van der Waals surface area contributed by atoms with Crippen LogP contribution in [0.1, 0.15) is 5.56 Å². The number of nitrogens with zero attached hydrogens (tertiary/aromatic N) is 1. The minimum absolute atomic E-state index is 0.127. The van der Waals surface area contributed by atoms with Gasteiger partial charge in [-0.1, -0.05) is 0 Å². The number of hydrogen-bond donors (Lipinski definition) is 1. The van der Waals surface area contributed by atoms with Gasteiger partial charge in [0.2, 0.25) is 5.91 Å². The van der Waals surface area contributed by atoms with Gasteiger partial charge in [-0.25, -0.2) is 0 Å². The number of carbonyl (C=O) groups is 2. The SMILES string of the molecule is COCC(=O)N(CC(=O)O)Cc1cc(OC)cc(OC)c1. The Labute approximate surface area is 123 Å². The Hall–Kier alpha value is -2.28. The Morgan fingerprint density at radius 2 is 1.67 bits per heavy atom. The smallest absolute Gasteiger partial charge is 0.323 e. The van der Waals surface area contributed by atoms with E-state index >= 15 is 0 Å². The van der Waals surface area contributed by atoms with E-state index in [0.29, 0.717) is 17.1 Å². The fraction of sp³-hybridized carbons (Fsp3) is 0.429. The van der Waals surface area contributed by atoms with E-state index in [4.69, 9.17) is 19.3 Å². The standard InChI is InChI=1S/C14H19NO6/c1-19-9-13(16)15(8-14(17)18)7-10-4-11(20-2)6-12(5-10)21-3/h4-6H,7-9H2,1-3H3,(H,17,18). The van der Waals surface area contributed by atoms with E-state index in [1.807, 2.05) is 0 Å². The summed E-state index contributed by atoms with van der Waals surface area (Å²) in [6.07, 6.45) is 0. The molecule has 7 nitrogen and oxygen atoms in total. The maximum absolute atomic E-state index is 11.9. The van der Waals surface area contributed by atoms with Crippen molar-refractivity contribution in [2.24, 2.45) is 0 Å². The minimum Gasteiger partial charge on any atom is -0.497 e. The summed E-state index contributed by atoms with van der Waals surface area (Å²) in [5.41, 5.74) is 0.705. The third-order valence-electron chi connectivity index (χ3n) is 2.73. The van der Waals surface area contributed by atoms with Crippen LogP contribution in [0.15, 0.2) is 18.2 Å². The average molecular weight is 297 g/mol. The second kappa shape index (κ2) is 8.11. The molecule has 0 fully saturated rings. The third-order valence-corrected chi connectivity index (χ3v) is 2.73. The summed E-state index contributed by atoms with van der Waals surface area (Å²) in [7, 11) is 4.42. The molecule has 0 atom stereocenters. The summed E-state index contributed by atoms with van der Waals surface area (Å²) in [4.78, 5) is 23.9. The van der Waals surface area contributed by atoms with E-state index in [1.54, 1.807) is 18.2 Å². The maximum Gasteiger partial charge on any atom is 0.323 e. The van der Waals surface area contributed by atoms with Crippen molar-refractivity contribution in [2.45, 2.75) is 6.54 Å². The van der Waals surface area contributed by atoms with Gasteiger partial charge >= 0.3 is 5.97 Å². The lowest BCUT2D eigenvalue weighted by molar-refractivity contribution is -0.146. The van der Waals surface area contributed by atoms with Crippen molar-refractivity contribution in [3.8, 4) is 11.5 Å². The van der Waals surface area contributed by atoms with Crippen LogP contribution in [0, 0.1) is 0 Å². The van der Waals surface area contributed by atoms with E-state index in [-0.39, 0.29) is 13.2 Å². The maximum atomic E-state index is 11.9. The molecule has 0 aromatic heterocycles. The highest BCUT2D eigenvalue weighted by atomic mass is 16.5. The molecule has 0 spiro atoms. The summed E-state index contributed by atoms with van der Waals surface area (Å²) in [6.45, 7) is -0.446. The molecule has 21 heavy (non-hydrogen) atoms. The van der Waals surface area contributed by atoms with Gasteiger partial charge < -0.3 is 24.2 Å². The summed E-state index contributed by atoms with van der Waals surface area (Å²) in [5, 5.41) is 8.90. The number of rotatable bonds is 8. The van der Waals surface area contributed by atoms with Gasteiger partial charge in [0.1, 0.15) is 24.7 Å². The largest absolute Gasteiger partial charge is 0.497 e. The summed E-state index contributed by atoms with van der Waals surface area (Å²) in [5.74, 6) is -0.353. The molecule has 0 aliphatic heterocycles. The normalized spacial score (nSPS) is 10.0. The Kier molecular flexibility index (Phi) is 6.48. The van der Waals surface area contributed by atoms with Crippen molar-refractivity contribution in [1.82, 2.24) is 4.90 Å². The van der Waals surface area contributed by atoms with Crippen LogP contribution in [0.25, 0.3) is 0 Å². The van der Waals surface area contributed by atoms with Gasteiger partial charge in [0, 0.05) is 19.7 Å². The Bertz CT molecular complexity index is 480. The van der Waals surface area contributed by atoms with Gasteiger partial charge in [0.25, 0.3) is 0 Å². The lowest BCUT2D eigenvalue weighted by Gasteiger charge is -2.21. The molecule has 1 N–H and O–H groups in total. The number of carboxylic acid groups (broad SMARTS) is 1. The zero-order chi connectivity index (χ0) is 15.8. The lowest BCUT2D eigenvalue weighted by atomic mass is 10.2.